The highest BCUT2D eigenvalue weighted by molar-refractivity contribution is 7.80. The lowest BCUT2D eigenvalue weighted by atomic mass is 10.1. The van der Waals surface area contributed by atoms with E-state index in [1.165, 1.54) is 11.1 Å². The molecule has 0 spiro atoms. The number of likely N-dealkylation sites (N-methyl/N-ethyl adjacent to an activating group) is 1. The molecule has 1 rings (SSSR count). The van der Waals surface area contributed by atoms with Gasteiger partial charge < -0.3 is 5.73 Å². The monoisotopic (exact) mass is 208 g/mol. The van der Waals surface area contributed by atoms with Gasteiger partial charge in [0, 0.05) is 13.1 Å². The number of rotatable bonds is 4. The van der Waals surface area contributed by atoms with Gasteiger partial charge in [0.1, 0.15) is 0 Å². The summed E-state index contributed by atoms with van der Waals surface area (Å²) in [6.07, 6.45) is 0. The van der Waals surface area contributed by atoms with Crippen LogP contribution in [0.1, 0.15) is 11.1 Å². The fourth-order valence-electron chi connectivity index (χ4n) is 1.33. The van der Waals surface area contributed by atoms with E-state index in [4.69, 9.17) is 18.0 Å². The number of thiocarbonyl (C=S) groups is 1. The Morgan fingerprint density at radius 3 is 2.43 bits per heavy atom. The fourth-order valence-corrected chi connectivity index (χ4v) is 1.55. The average Bonchev–Trinajstić information content (AvgIpc) is 2.07. The first kappa shape index (κ1) is 11.1. The minimum Gasteiger partial charge on any atom is -0.392 e. The number of benzene rings is 1. The Labute approximate surface area is 90.7 Å². The topological polar surface area (TPSA) is 29.3 Å². The van der Waals surface area contributed by atoms with Gasteiger partial charge in [-0.25, -0.2) is 0 Å². The third-order valence-electron chi connectivity index (χ3n) is 2.00. The van der Waals surface area contributed by atoms with Crippen molar-refractivity contribution >= 4 is 17.2 Å². The molecule has 0 aromatic heterocycles. The molecule has 14 heavy (non-hydrogen) atoms. The first-order valence-corrected chi connectivity index (χ1v) is 5.01. The van der Waals surface area contributed by atoms with Crippen LogP contribution in [-0.2, 0) is 6.54 Å². The molecule has 0 bridgehead atoms. The lowest BCUT2D eigenvalue weighted by Gasteiger charge is -2.15. The van der Waals surface area contributed by atoms with Crippen molar-refractivity contribution in [3.8, 4) is 0 Å². The van der Waals surface area contributed by atoms with Crippen LogP contribution >= 0.6 is 12.2 Å². The Morgan fingerprint density at radius 1 is 1.36 bits per heavy atom. The van der Waals surface area contributed by atoms with Crippen LogP contribution < -0.4 is 5.73 Å². The van der Waals surface area contributed by atoms with Crippen LogP contribution in [0.4, 0.5) is 0 Å². The fraction of sp³-hybridized carbons (Fsp3) is 0.364. The van der Waals surface area contributed by atoms with Crippen LogP contribution in [0.2, 0.25) is 0 Å². The molecule has 2 nitrogen and oxygen atoms in total. The smallest absolute Gasteiger partial charge is 0.0870 e. The van der Waals surface area contributed by atoms with Crippen molar-refractivity contribution in [2.45, 2.75) is 13.5 Å². The van der Waals surface area contributed by atoms with Crippen molar-refractivity contribution in [2.75, 3.05) is 13.6 Å². The van der Waals surface area contributed by atoms with Crippen LogP contribution in [0.3, 0.4) is 0 Å². The summed E-state index contributed by atoms with van der Waals surface area (Å²) in [4.78, 5) is 2.65. The molecule has 0 heterocycles. The van der Waals surface area contributed by atoms with Crippen molar-refractivity contribution in [1.82, 2.24) is 4.90 Å². The molecule has 0 aliphatic heterocycles. The Balaban J connectivity index is 2.51. The highest BCUT2D eigenvalue weighted by atomic mass is 32.1. The molecule has 0 fully saturated rings. The molecule has 76 valence electrons. The summed E-state index contributed by atoms with van der Waals surface area (Å²) in [6.45, 7) is 3.64. The molecular formula is C11H16N2S. The van der Waals surface area contributed by atoms with Crippen LogP contribution in [0.15, 0.2) is 24.3 Å². The molecule has 1 aromatic rings. The van der Waals surface area contributed by atoms with Crippen LogP contribution in [-0.4, -0.2) is 23.5 Å². The zero-order valence-electron chi connectivity index (χ0n) is 8.66. The highest BCUT2D eigenvalue weighted by Crippen LogP contribution is 2.05. The molecule has 0 saturated heterocycles. The second-order valence-electron chi connectivity index (χ2n) is 3.62. The van der Waals surface area contributed by atoms with Gasteiger partial charge in [-0.1, -0.05) is 42.0 Å². The molecule has 1 aromatic carbocycles. The first-order chi connectivity index (χ1) is 6.58. The highest BCUT2D eigenvalue weighted by Gasteiger charge is 2.00. The Kier molecular flexibility index (Phi) is 4.04. The maximum atomic E-state index is 5.46. The van der Waals surface area contributed by atoms with Gasteiger partial charge in [0.25, 0.3) is 0 Å². The summed E-state index contributed by atoms with van der Waals surface area (Å²) in [5.41, 5.74) is 8.03. The van der Waals surface area contributed by atoms with Gasteiger partial charge in [-0.15, -0.1) is 0 Å². The van der Waals surface area contributed by atoms with Crippen LogP contribution in [0.5, 0.6) is 0 Å². The number of nitrogens with two attached hydrogens (primary N) is 1. The van der Waals surface area contributed by atoms with E-state index >= 15 is 0 Å². The van der Waals surface area contributed by atoms with E-state index in [0.717, 1.165) is 6.54 Å². The van der Waals surface area contributed by atoms with Crippen molar-refractivity contribution in [2.24, 2.45) is 5.73 Å². The van der Waals surface area contributed by atoms with Crippen molar-refractivity contribution in [3.05, 3.63) is 35.4 Å². The molecule has 0 amide bonds. The normalized spacial score (nSPS) is 10.5. The minimum absolute atomic E-state index is 0.541. The summed E-state index contributed by atoms with van der Waals surface area (Å²) in [5, 5.41) is 0. The lowest BCUT2D eigenvalue weighted by Crippen LogP contribution is -2.28. The molecule has 0 aliphatic carbocycles. The van der Waals surface area contributed by atoms with Gasteiger partial charge >= 0.3 is 0 Å². The van der Waals surface area contributed by atoms with Gasteiger partial charge in [-0.3, -0.25) is 4.90 Å². The minimum atomic E-state index is 0.541. The molecule has 3 heteroatoms. The molecule has 0 radical (unpaired) electrons. The second-order valence-corrected chi connectivity index (χ2v) is 4.15. The zero-order valence-corrected chi connectivity index (χ0v) is 9.47. The predicted molar refractivity (Wildman–Crippen MR) is 64.3 cm³/mol. The largest absolute Gasteiger partial charge is 0.392 e. The van der Waals surface area contributed by atoms with Crippen LogP contribution in [0.25, 0.3) is 0 Å². The molecule has 0 unspecified atom stereocenters. The molecule has 2 N–H and O–H groups in total. The van der Waals surface area contributed by atoms with E-state index < -0.39 is 0 Å². The Bertz CT molecular complexity index is 306. The van der Waals surface area contributed by atoms with Gasteiger partial charge in [-0.05, 0) is 19.5 Å². The van der Waals surface area contributed by atoms with Gasteiger partial charge in [0.05, 0.1) is 4.99 Å². The summed E-state index contributed by atoms with van der Waals surface area (Å²) in [7, 11) is 2.01. The Morgan fingerprint density at radius 2 is 1.93 bits per heavy atom. The summed E-state index contributed by atoms with van der Waals surface area (Å²) >= 11 is 4.84. The second kappa shape index (κ2) is 5.08. The number of nitrogens with zero attached hydrogens (tertiary/aromatic N) is 1. The van der Waals surface area contributed by atoms with E-state index in [1.807, 2.05) is 7.05 Å². The van der Waals surface area contributed by atoms with E-state index in [9.17, 15) is 0 Å². The third kappa shape index (κ3) is 3.85. The average molecular weight is 208 g/mol. The maximum absolute atomic E-state index is 5.46. The van der Waals surface area contributed by atoms with E-state index in [2.05, 4.69) is 36.1 Å². The van der Waals surface area contributed by atoms with Crippen molar-refractivity contribution in [3.63, 3.8) is 0 Å². The molecular weight excluding hydrogens is 192 g/mol. The molecule has 0 aliphatic rings. The summed E-state index contributed by atoms with van der Waals surface area (Å²) in [5.74, 6) is 0. The van der Waals surface area contributed by atoms with E-state index in [1.54, 1.807) is 0 Å². The van der Waals surface area contributed by atoms with Gasteiger partial charge in [-0.2, -0.15) is 0 Å². The third-order valence-corrected chi connectivity index (χ3v) is 2.13. The predicted octanol–water partition coefficient (Wildman–Crippen LogP) is 1.71. The van der Waals surface area contributed by atoms with Gasteiger partial charge in [0.15, 0.2) is 0 Å². The van der Waals surface area contributed by atoms with Crippen molar-refractivity contribution < 1.29 is 0 Å². The Hall–Kier alpha value is -0.930. The van der Waals surface area contributed by atoms with E-state index in [-0.39, 0.29) is 0 Å². The zero-order chi connectivity index (χ0) is 10.6. The summed E-state index contributed by atoms with van der Waals surface area (Å²) in [6, 6.07) is 8.49. The number of aryl methyl sites for hydroxylation is 1. The number of hydrogen-bond donors (Lipinski definition) is 1. The SMILES string of the molecule is Cc1ccc(CN(C)CC(N)=S)cc1. The molecule has 0 saturated carbocycles. The molecule has 0 atom stereocenters. The standard InChI is InChI=1S/C11H16N2S/c1-9-3-5-10(6-4-9)7-13(2)8-11(12)14/h3-6H,7-8H2,1-2H3,(H2,12,14). The first-order valence-electron chi connectivity index (χ1n) is 4.60. The maximum Gasteiger partial charge on any atom is 0.0870 e. The van der Waals surface area contributed by atoms with E-state index in [0.29, 0.717) is 11.5 Å². The van der Waals surface area contributed by atoms with Gasteiger partial charge in [0.2, 0.25) is 0 Å². The number of hydrogen-bond acceptors (Lipinski definition) is 2. The van der Waals surface area contributed by atoms with Crippen molar-refractivity contribution in [1.29, 1.82) is 0 Å². The quantitative estimate of drug-likeness (QED) is 0.764. The lowest BCUT2D eigenvalue weighted by molar-refractivity contribution is 0.374. The van der Waals surface area contributed by atoms with Crippen LogP contribution in [0, 0.1) is 6.92 Å². The summed E-state index contributed by atoms with van der Waals surface area (Å²) < 4.78 is 0.